The predicted molar refractivity (Wildman–Crippen MR) is 59.6 cm³/mol. The summed E-state index contributed by atoms with van der Waals surface area (Å²) in [4.78, 5) is 0. The third-order valence-electron chi connectivity index (χ3n) is 1.81. The van der Waals surface area contributed by atoms with Gasteiger partial charge in [0.1, 0.15) is 22.2 Å². The number of nitrogens with zero attached hydrogens (tertiary/aromatic N) is 1. The first-order chi connectivity index (χ1) is 6.50. The molecule has 1 rings (SSSR count). The van der Waals surface area contributed by atoms with Crippen molar-refractivity contribution < 1.29 is 9.29 Å². The number of allylic oxidation sites excluding steroid dienone is 1. The highest BCUT2D eigenvalue weighted by Gasteiger charge is 2.26. The summed E-state index contributed by atoms with van der Waals surface area (Å²) < 4.78 is 20.5. The third-order valence-corrected chi connectivity index (χ3v) is 3.18. The fraction of sp³-hybridized carbons (Fsp3) is 0.700. The van der Waals surface area contributed by atoms with Crippen molar-refractivity contribution in [2.45, 2.75) is 44.5 Å². The van der Waals surface area contributed by atoms with Crippen molar-refractivity contribution in [3.05, 3.63) is 12.3 Å². The maximum Gasteiger partial charge on any atom is 0.144 e. The highest BCUT2D eigenvalue weighted by atomic mass is 32.2. The lowest BCUT2D eigenvalue weighted by Gasteiger charge is -2.19. The second-order valence-corrected chi connectivity index (χ2v) is 6.17. The van der Waals surface area contributed by atoms with Crippen LogP contribution in [0.1, 0.15) is 33.6 Å². The Balaban J connectivity index is 2.42. The van der Waals surface area contributed by atoms with Crippen molar-refractivity contribution >= 4 is 17.6 Å². The molecule has 0 aliphatic carbocycles. The van der Waals surface area contributed by atoms with Crippen LogP contribution in [-0.2, 0) is 16.1 Å². The van der Waals surface area contributed by atoms with Gasteiger partial charge >= 0.3 is 0 Å². The molecule has 0 saturated heterocycles. The molecule has 3 nitrogen and oxygen atoms in total. The van der Waals surface area contributed by atoms with Gasteiger partial charge in [-0.2, -0.15) is 0 Å². The summed E-state index contributed by atoms with van der Waals surface area (Å²) >= 11 is -1.17. The van der Waals surface area contributed by atoms with E-state index in [4.69, 9.17) is 4.74 Å². The summed E-state index contributed by atoms with van der Waals surface area (Å²) in [5, 5.41) is 0. The lowest BCUT2D eigenvalue weighted by atomic mass is 10.2. The predicted octanol–water partition coefficient (Wildman–Crippen LogP) is 2.21. The molecule has 14 heavy (non-hydrogen) atoms. The van der Waals surface area contributed by atoms with Gasteiger partial charge in [-0.15, -0.1) is 0 Å². The van der Waals surface area contributed by atoms with Crippen LogP contribution >= 0.6 is 0 Å². The minimum atomic E-state index is -1.17. The molecule has 0 amide bonds. The number of hydrogen-bond donors (Lipinski definition) is 0. The fourth-order valence-electron chi connectivity index (χ4n) is 0.944. The largest absolute Gasteiger partial charge is 0.591 e. The van der Waals surface area contributed by atoms with Gasteiger partial charge < -0.3 is 9.29 Å². The molecule has 0 N–H and O–H groups in total. The van der Waals surface area contributed by atoms with Crippen LogP contribution in [-0.4, -0.2) is 21.6 Å². The van der Waals surface area contributed by atoms with Crippen LogP contribution in [0.4, 0.5) is 0 Å². The molecule has 1 heterocycles. The van der Waals surface area contributed by atoms with Crippen molar-refractivity contribution in [2.75, 3.05) is 0 Å². The first kappa shape index (κ1) is 11.6. The first-order valence-electron chi connectivity index (χ1n) is 4.77. The van der Waals surface area contributed by atoms with E-state index in [2.05, 4.69) is 4.40 Å². The molecule has 0 aromatic rings. The Kier molecular flexibility index (Phi) is 4.01. The zero-order valence-electron chi connectivity index (χ0n) is 8.90. The molecule has 0 radical (unpaired) electrons. The molecule has 0 saturated carbocycles. The van der Waals surface area contributed by atoms with Gasteiger partial charge in [0.15, 0.2) is 0 Å². The molecule has 1 aliphatic rings. The topological polar surface area (TPSA) is 44.7 Å². The average Bonchev–Trinajstić information content (AvgIpc) is 2.14. The molecule has 0 aromatic heterocycles. The van der Waals surface area contributed by atoms with E-state index < -0.39 is 11.4 Å². The Bertz CT molecular complexity index is 233. The van der Waals surface area contributed by atoms with Gasteiger partial charge in [-0.1, -0.05) is 4.40 Å². The van der Waals surface area contributed by atoms with E-state index in [0.29, 0.717) is 0 Å². The molecule has 4 heteroatoms. The summed E-state index contributed by atoms with van der Waals surface area (Å²) in [5.74, 6) is 0. The van der Waals surface area contributed by atoms with Crippen LogP contribution in [0.2, 0.25) is 0 Å². The first-order valence-corrected chi connectivity index (χ1v) is 5.87. The van der Waals surface area contributed by atoms with Crippen molar-refractivity contribution in [1.82, 2.24) is 0 Å². The van der Waals surface area contributed by atoms with Crippen molar-refractivity contribution in [3.8, 4) is 0 Å². The van der Waals surface area contributed by atoms with Gasteiger partial charge in [0.05, 0.1) is 12.5 Å². The molecular formula is C10H17NO2S. The minimum absolute atomic E-state index is 0.00806. The minimum Gasteiger partial charge on any atom is -0.591 e. The Labute approximate surface area is 88.6 Å². The van der Waals surface area contributed by atoms with Crippen molar-refractivity contribution in [3.63, 3.8) is 0 Å². The Hall–Kier alpha value is -0.480. The zero-order valence-corrected chi connectivity index (χ0v) is 9.71. The molecule has 0 spiro atoms. The molecule has 0 fully saturated rings. The third kappa shape index (κ3) is 3.72. The summed E-state index contributed by atoms with van der Waals surface area (Å²) in [5.41, 5.74) is 0. The van der Waals surface area contributed by atoms with E-state index >= 15 is 0 Å². The molecule has 80 valence electrons. The monoisotopic (exact) mass is 215 g/mol. The highest BCUT2D eigenvalue weighted by molar-refractivity contribution is 7.91. The number of rotatable bonds is 2. The summed E-state index contributed by atoms with van der Waals surface area (Å²) in [7, 11) is 0. The van der Waals surface area contributed by atoms with Gasteiger partial charge in [0.2, 0.25) is 0 Å². The molecule has 0 aromatic carbocycles. The van der Waals surface area contributed by atoms with E-state index in [9.17, 15) is 4.55 Å². The molecule has 0 unspecified atom stereocenters. The van der Waals surface area contributed by atoms with Crippen LogP contribution in [0.3, 0.4) is 0 Å². The highest BCUT2D eigenvalue weighted by Crippen LogP contribution is 2.17. The summed E-state index contributed by atoms with van der Waals surface area (Å²) in [6, 6.07) is 0. The maximum atomic E-state index is 11.5. The smallest absolute Gasteiger partial charge is 0.144 e. The van der Waals surface area contributed by atoms with Crippen LogP contribution in [0.5, 0.6) is 0 Å². The van der Waals surface area contributed by atoms with E-state index in [-0.39, 0.29) is 10.9 Å². The molecule has 2 atom stereocenters. The van der Waals surface area contributed by atoms with Gasteiger partial charge in [-0.3, -0.25) is 0 Å². The van der Waals surface area contributed by atoms with Gasteiger partial charge in [-0.05, 0) is 39.7 Å². The van der Waals surface area contributed by atoms with E-state index in [0.717, 1.165) is 12.8 Å². The number of hydrogen-bond acceptors (Lipinski definition) is 3. The molecule has 0 bridgehead atoms. The quantitative estimate of drug-likeness (QED) is 0.523. The Morgan fingerprint density at radius 3 is 2.79 bits per heavy atom. The second-order valence-electron chi connectivity index (χ2n) is 4.24. The van der Waals surface area contributed by atoms with Crippen LogP contribution in [0.15, 0.2) is 16.7 Å². The fourth-order valence-corrected chi connectivity index (χ4v) is 1.51. The lowest BCUT2D eigenvalue weighted by molar-refractivity contribution is 0.185. The van der Waals surface area contributed by atoms with Crippen molar-refractivity contribution in [1.29, 1.82) is 0 Å². The maximum absolute atomic E-state index is 11.5. The van der Waals surface area contributed by atoms with Crippen LogP contribution in [0, 0.1) is 0 Å². The van der Waals surface area contributed by atoms with Crippen molar-refractivity contribution in [2.24, 2.45) is 4.40 Å². The Morgan fingerprint density at radius 1 is 1.57 bits per heavy atom. The normalized spacial score (nSPS) is 25.0. The second kappa shape index (κ2) is 4.84. The molecule has 1 aliphatic heterocycles. The average molecular weight is 215 g/mol. The van der Waals surface area contributed by atoms with Gasteiger partial charge in [0, 0.05) is 0 Å². The van der Waals surface area contributed by atoms with Crippen LogP contribution in [0.25, 0.3) is 0 Å². The zero-order chi connectivity index (χ0) is 10.6. The molecular weight excluding hydrogens is 198 g/mol. The lowest BCUT2D eigenvalue weighted by Crippen LogP contribution is -2.27. The van der Waals surface area contributed by atoms with Crippen LogP contribution < -0.4 is 0 Å². The van der Waals surface area contributed by atoms with Gasteiger partial charge in [0.25, 0.3) is 0 Å². The summed E-state index contributed by atoms with van der Waals surface area (Å²) in [6.07, 6.45) is 7.22. The van der Waals surface area contributed by atoms with Gasteiger partial charge in [-0.25, -0.2) is 0 Å². The SMILES string of the molecule is CC(C)(C)[S@+]([O-])/N=C/[C@@H]1CCC=CO1. The standard InChI is InChI=1S/C10H17NO2S/c1-10(2,3)14(12)11-8-9-6-4-5-7-13-9/h5,7-9H,4,6H2,1-3H3/b11-8+/t9-,14-/m0/s1. The summed E-state index contributed by atoms with van der Waals surface area (Å²) in [6.45, 7) is 5.71. The van der Waals surface area contributed by atoms with E-state index in [1.54, 1.807) is 12.5 Å². The van der Waals surface area contributed by atoms with E-state index in [1.807, 2.05) is 26.8 Å². The Morgan fingerprint density at radius 2 is 2.29 bits per heavy atom. The number of ether oxygens (including phenoxy) is 1. The van der Waals surface area contributed by atoms with E-state index in [1.165, 1.54) is 0 Å².